The van der Waals surface area contributed by atoms with Crippen molar-refractivity contribution in [2.75, 3.05) is 26.9 Å². The van der Waals surface area contributed by atoms with Crippen molar-refractivity contribution < 1.29 is 14.0 Å². The van der Waals surface area contributed by atoms with Crippen LogP contribution in [0.4, 0.5) is 0 Å². The van der Waals surface area contributed by atoms with E-state index in [-0.39, 0.29) is 7.12 Å². The Hall–Kier alpha value is -0.835. The summed E-state index contributed by atoms with van der Waals surface area (Å²) in [5.74, 6) is 2.03. The normalized spacial score (nSPS) is 24.8. The molecule has 0 N–H and O–H groups in total. The molecule has 0 spiro atoms. The van der Waals surface area contributed by atoms with E-state index in [1.165, 1.54) is 56.9 Å². The van der Waals surface area contributed by atoms with Crippen LogP contribution in [-0.4, -0.2) is 34.0 Å². The Bertz CT molecular complexity index is 503. The summed E-state index contributed by atoms with van der Waals surface area (Å²) in [7, 11) is 1.64. The van der Waals surface area contributed by atoms with E-state index in [9.17, 15) is 0 Å². The lowest BCUT2D eigenvalue weighted by molar-refractivity contribution is 0.0811. The van der Waals surface area contributed by atoms with Gasteiger partial charge in [0.05, 0.1) is 0 Å². The second-order valence-corrected chi connectivity index (χ2v) is 8.20. The first-order valence-corrected chi connectivity index (χ1v) is 10.6. The average Bonchev–Trinajstić information content (AvgIpc) is 2.70. The predicted octanol–water partition coefficient (Wildman–Crippen LogP) is 4.55. The molecule has 1 aliphatic heterocycles. The molecule has 1 saturated heterocycles. The van der Waals surface area contributed by atoms with Gasteiger partial charge in [0.1, 0.15) is 0 Å². The highest BCUT2D eigenvalue weighted by Crippen LogP contribution is 2.35. The van der Waals surface area contributed by atoms with E-state index >= 15 is 0 Å². The highest BCUT2D eigenvalue weighted by atomic mass is 16.6. The number of rotatable bonds is 8. The molecular formula is C22H35BO3. The summed E-state index contributed by atoms with van der Waals surface area (Å²) in [6.07, 6.45) is 10.2. The van der Waals surface area contributed by atoms with E-state index in [0.717, 1.165) is 31.2 Å². The Labute approximate surface area is 159 Å². The number of hydrogen-bond donors (Lipinski definition) is 0. The molecule has 0 bridgehead atoms. The maximum atomic E-state index is 6.00. The Kier molecular flexibility index (Phi) is 8.03. The highest BCUT2D eigenvalue weighted by Gasteiger charge is 2.29. The van der Waals surface area contributed by atoms with Crippen molar-refractivity contribution in [3.8, 4) is 0 Å². The molecular weight excluding hydrogens is 323 g/mol. The molecule has 144 valence electrons. The third-order valence-electron chi connectivity index (χ3n) is 6.11. The Morgan fingerprint density at radius 1 is 0.962 bits per heavy atom. The van der Waals surface area contributed by atoms with Crippen LogP contribution in [0.3, 0.4) is 0 Å². The number of benzene rings is 1. The van der Waals surface area contributed by atoms with Gasteiger partial charge in [-0.3, -0.25) is 0 Å². The first kappa shape index (κ1) is 19.9. The van der Waals surface area contributed by atoms with Gasteiger partial charge < -0.3 is 14.0 Å². The van der Waals surface area contributed by atoms with Crippen molar-refractivity contribution >= 4 is 12.6 Å². The molecule has 3 rings (SSSR count). The van der Waals surface area contributed by atoms with Gasteiger partial charge in [-0.1, -0.05) is 50.5 Å². The molecule has 1 saturated carbocycles. The fourth-order valence-corrected chi connectivity index (χ4v) is 4.41. The van der Waals surface area contributed by atoms with Crippen molar-refractivity contribution in [2.24, 2.45) is 11.8 Å². The van der Waals surface area contributed by atoms with E-state index in [1.807, 2.05) is 7.11 Å². The molecule has 1 heterocycles. The summed E-state index contributed by atoms with van der Waals surface area (Å²) < 4.78 is 17.3. The lowest BCUT2D eigenvalue weighted by Gasteiger charge is -2.29. The molecule has 1 aliphatic carbocycles. The minimum absolute atomic E-state index is 0.177. The zero-order valence-electron chi connectivity index (χ0n) is 16.6. The molecule has 3 nitrogen and oxygen atoms in total. The van der Waals surface area contributed by atoms with E-state index in [4.69, 9.17) is 14.0 Å². The van der Waals surface area contributed by atoms with Gasteiger partial charge in [-0.05, 0) is 55.0 Å². The molecule has 1 aromatic carbocycles. The standard InChI is InChI=1S/C22H35BO3/c1-3-4-5-6-19-16-25-23(26-17-19)22-13-11-21(12-14-22)20-9-7-18(8-10-20)15-24-2/h11-14,18-20H,3-10,15-17H2,1-2H3. The van der Waals surface area contributed by atoms with Crippen LogP contribution in [0.15, 0.2) is 24.3 Å². The summed E-state index contributed by atoms with van der Waals surface area (Å²) in [6, 6.07) is 8.99. The Morgan fingerprint density at radius 3 is 2.27 bits per heavy atom. The molecule has 2 aliphatic rings. The zero-order valence-corrected chi connectivity index (χ0v) is 16.6. The van der Waals surface area contributed by atoms with Crippen LogP contribution in [0.1, 0.15) is 69.8 Å². The fourth-order valence-electron chi connectivity index (χ4n) is 4.41. The van der Waals surface area contributed by atoms with E-state index in [0.29, 0.717) is 11.8 Å². The summed E-state index contributed by atoms with van der Waals surface area (Å²) in [6.45, 7) is 4.83. The fraction of sp³-hybridized carbons (Fsp3) is 0.727. The molecule has 0 aromatic heterocycles. The minimum atomic E-state index is -0.177. The quantitative estimate of drug-likeness (QED) is 0.504. The van der Waals surface area contributed by atoms with Crippen molar-refractivity contribution in [3.63, 3.8) is 0 Å². The van der Waals surface area contributed by atoms with Gasteiger partial charge in [0.25, 0.3) is 0 Å². The molecule has 0 radical (unpaired) electrons. The first-order chi connectivity index (χ1) is 12.8. The van der Waals surface area contributed by atoms with Crippen molar-refractivity contribution in [2.45, 2.75) is 64.2 Å². The number of hydrogen-bond acceptors (Lipinski definition) is 3. The molecule has 2 fully saturated rings. The third kappa shape index (κ3) is 5.58. The number of unbranched alkanes of at least 4 members (excludes halogenated alkanes) is 2. The zero-order chi connectivity index (χ0) is 18.2. The third-order valence-corrected chi connectivity index (χ3v) is 6.11. The summed E-state index contributed by atoms with van der Waals surface area (Å²) in [5.41, 5.74) is 2.63. The lowest BCUT2D eigenvalue weighted by Crippen LogP contribution is -2.44. The maximum absolute atomic E-state index is 6.00. The van der Waals surface area contributed by atoms with Gasteiger partial charge in [-0.2, -0.15) is 0 Å². The smallest absolute Gasteiger partial charge is 0.407 e. The van der Waals surface area contributed by atoms with Gasteiger partial charge in [-0.25, -0.2) is 0 Å². The molecule has 1 aromatic rings. The van der Waals surface area contributed by atoms with Crippen molar-refractivity contribution in [1.29, 1.82) is 0 Å². The van der Waals surface area contributed by atoms with E-state index < -0.39 is 0 Å². The SMILES string of the molecule is CCCCCC1COB(c2ccc(C3CCC(COC)CC3)cc2)OC1. The number of ether oxygens (including phenoxy) is 1. The lowest BCUT2D eigenvalue weighted by atomic mass is 9.74. The largest absolute Gasteiger partial charge is 0.493 e. The predicted molar refractivity (Wildman–Crippen MR) is 108 cm³/mol. The summed E-state index contributed by atoms with van der Waals surface area (Å²) >= 11 is 0. The van der Waals surface area contributed by atoms with Crippen LogP contribution in [-0.2, 0) is 14.0 Å². The molecule has 0 unspecified atom stereocenters. The highest BCUT2D eigenvalue weighted by molar-refractivity contribution is 6.61. The topological polar surface area (TPSA) is 27.7 Å². The van der Waals surface area contributed by atoms with Gasteiger partial charge in [0.2, 0.25) is 0 Å². The molecule has 0 amide bonds. The van der Waals surface area contributed by atoms with Gasteiger partial charge in [-0.15, -0.1) is 0 Å². The van der Waals surface area contributed by atoms with Gasteiger partial charge >= 0.3 is 7.12 Å². The molecule has 0 atom stereocenters. The second-order valence-electron chi connectivity index (χ2n) is 8.20. The van der Waals surface area contributed by atoms with Gasteiger partial charge in [0, 0.05) is 32.8 Å². The number of methoxy groups -OCH3 is 1. The monoisotopic (exact) mass is 358 g/mol. The first-order valence-electron chi connectivity index (χ1n) is 10.6. The second kappa shape index (κ2) is 10.5. The van der Waals surface area contributed by atoms with Crippen molar-refractivity contribution in [3.05, 3.63) is 29.8 Å². The van der Waals surface area contributed by atoms with Gasteiger partial charge in [0.15, 0.2) is 0 Å². The molecule has 4 heteroatoms. The van der Waals surface area contributed by atoms with E-state index in [2.05, 4.69) is 31.2 Å². The van der Waals surface area contributed by atoms with Crippen LogP contribution in [0, 0.1) is 11.8 Å². The summed E-state index contributed by atoms with van der Waals surface area (Å²) in [5, 5.41) is 0. The minimum Gasteiger partial charge on any atom is -0.407 e. The van der Waals surface area contributed by atoms with Crippen LogP contribution in [0.25, 0.3) is 0 Å². The Balaban J connectivity index is 1.45. The van der Waals surface area contributed by atoms with Crippen LogP contribution < -0.4 is 5.46 Å². The van der Waals surface area contributed by atoms with Crippen LogP contribution in [0.5, 0.6) is 0 Å². The maximum Gasteiger partial charge on any atom is 0.493 e. The van der Waals surface area contributed by atoms with Crippen LogP contribution in [0.2, 0.25) is 0 Å². The van der Waals surface area contributed by atoms with Crippen molar-refractivity contribution in [1.82, 2.24) is 0 Å². The summed E-state index contributed by atoms with van der Waals surface area (Å²) in [4.78, 5) is 0. The average molecular weight is 358 g/mol. The Morgan fingerprint density at radius 2 is 1.65 bits per heavy atom. The van der Waals surface area contributed by atoms with E-state index in [1.54, 1.807) is 0 Å². The van der Waals surface area contributed by atoms with Crippen LogP contribution >= 0.6 is 0 Å². The molecule has 26 heavy (non-hydrogen) atoms.